The standard InChI is InChI=1S/C11H15NO2S/c1-2-14-11(13)12-7-8-3-4-10-9(8)5-6-15-10/h5-6,8H,2-4,7H2,1H3,(H,12,13). The highest BCUT2D eigenvalue weighted by Crippen LogP contribution is 2.35. The number of hydrogen-bond acceptors (Lipinski definition) is 3. The average molecular weight is 225 g/mol. The number of amides is 1. The summed E-state index contributed by atoms with van der Waals surface area (Å²) in [5, 5.41) is 4.93. The Labute approximate surface area is 93.4 Å². The molecule has 0 bridgehead atoms. The Bertz CT molecular complexity index is 348. The van der Waals surface area contributed by atoms with E-state index < -0.39 is 0 Å². The van der Waals surface area contributed by atoms with Gasteiger partial charge in [-0.3, -0.25) is 0 Å². The summed E-state index contributed by atoms with van der Waals surface area (Å²) in [6.45, 7) is 2.94. The van der Waals surface area contributed by atoms with Crippen LogP contribution < -0.4 is 5.32 Å². The van der Waals surface area contributed by atoms with Crippen molar-refractivity contribution in [2.24, 2.45) is 0 Å². The van der Waals surface area contributed by atoms with Crippen LogP contribution in [0.1, 0.15) is 29.7 Å². The number of alkyl carbamates (subject to hydrolysis) is 1. The molecule has 0 spiro atoms. The lowest BCUT2D eigenvalue weighted by molar-refractivity contribution is 0.151. The van der Waals surface area contributed by atoms with Crippen molar-refractivity contribution >= 4 is 17.4 Å². The van der Waals surface area contributed by atoms with Crippen LogP contribution in [0.4, 0.5) is 4.79 Å². The van der Waals surface area contributed by atoms with E-state index in [1.165, 1.54) is 10.4 Å². The van der Waals surface area contributed by atoms with E-state index in [4.69, 9.17) is 4.74 Å². The largest absolute Gasteiger partial charge is 0.450 e. The van der Waals surface area contributed by atoms with Gasteiger partial charge in [0.05, 0.1) is 6.61 Å². The van der Waals surface area contributed by atoms with E-state index in [0.717, 1.165) is 12.8 Å². The predicted octanol–water partition coefficient (Wildman–Crippen LogP) is 2.52. The number of ether oxygens (including phenoxy) is 1. The number of nitrogens with one attached hydrogen (secondary N) is 1. The van der Waals surface area contributed by atoms with Crippen molar-refractivity contribution in [1.29, 1.82) is 0 Å². The summed E-state index contributed by atoms with van der Waals surface area (Å²) in [4.78, 5) is 12.6. The third kappa shape index (κ3) is 2.31. The minimum absolute atomic E-state index is 0.304. The maximum atomic E-state index is 11.1. The molecule has 4 heteroatoms. The predicted molar refractivity (Wildman–Crippen MR) is 60.4 cm³/mol. The molecular formula is C11H15NO2S. The second kappa shape index (κ2) is 4.66. The van der Waals surface area contributed by atoms with Crippen molar-refractivity contribution in [3.8, 4) is 0 Å². The summed E-state index contributed by atoms with van der Waals surface area (Å²) < 4.78 is 4.82. The molecule has 0 saturated heterocycles. The number of aryl methyl sites for hydroxylation is 1. The Balaban J connectivity index is 1.85. The maximum absolute atomic E-state index is 11.1. The zero-order chi connectivity index (χ0) is 10.7. The Morgan fingerprint density at radius 1 is 1.73 bits per heavy atom. The van der Waals surface area contributed by atoms with Crippen LogP contribution in [0.25, 0.3) is 0 Å². The molecule has 2 rings (SSSR count). The number of thiophene rings is 1. The number of fused-ring (bicyclic) bond motifs is 1. The molecule has 1 atom stereocenters. The zero-order valence-corrected chi connectivity index (χ0v) is 9.60. The molecule has 1 aromatic rings. The minimum atomic E-state index is -0.304. The molecule has 1 unspecified atom stereocenters. The summed E-state index contributed by atoms with van der Waals surface area (Å²) in [6, 6.07) is 2.17. The first kappa shape index (κ1) is 10.5. The van der Waals surface area contributed by atoms with Crippen molar-refractivity contribution in [3.05, 3.63) is 21.9 Å². The third-order valence-corrected chi connectivity index (χ3v) is 3.70. The van der Waals surface area contributed by atoms with Gasteiger partial charge in [0.1, 0.15) is 0 Å². The summed E-state index contributed by atoms with van der Waals surface area (Å²) in [7, 11) is 0. The van der Waals surface area contributed by atoms with Gasteiger partial charge >= 0.3 is 6.09 Å². The Hall–Kier alpha value is -1.03. The molecule has 0 radical (unpaired) electrons. The molecule has 0 fully saturated rings. The summed E-state index contributed by atoms with van der Waals surface area (Å²) >= 11 is 1.82. The quantitative estimate of drug-likeness (QED) is 0.858. The highest BCUT2D eigenvalue weighted by Gasteiger charge is 2.23. The van der Waals surface area contributed by atoms with E-state index in [-0.39, 0.29) is 6.09 Å². The first-order valence-corrected chi connectivity index (χ1v) is 6.16. The SMILES string of the molecule is CCOC(=O)NCC1CCc2sccc21. The number of carbonyl (C=O) groups is 1. The van der Waals surface area contributed by atoms with Crippen molar-refractivity contribution < 1.29 is 9.53 Å². The van der Waals surface area contributed by atoms with Gasteiger partial charge in [-0.05, 0) is 36.8 Å². The lowest BCUT2D eigenvalue weighted by atomic mass is 10.0. The fraction of sp³-hybridized carbons (Fsp3) is 0.545. The van der Waals surface area contributed by atoms with E-state index in [1.54, 1.807) is 0 Å². The van der Waals surface area contributed by atoms with Crippen LogP contribution in [-0.2, 0) is 11.2 Å². The van der Waals surface area contributed by atoms with Gasteiger partial charge in [0.15, 0.2) is 0 Å². The zero-order valence-electron chi connectivity index (χ0n) is 8.79. The summed E-state index contributed by atoms with van der Waals surface area (Å²) in [5.41, 5.74) is 1.41. The molecular weight excluding hydrogens is 210 g/mol. The molecule has 0 aromatic carbocycles. The Kier molecular flexibility index (Phi) is 3.26. The Morgan fingerprint density at radius 2 is 2.60 bits per heavy atom. The number of hydrogen-bond donors (Lipinski definition) is 1. The molecule has 1 N–H and O–H groups in total. The van der Waals surface area contributed by atoms with E-state index in [2.05, 4.69) is 16.8 Å². The molecule has 3 nitrogen and oxygen atoms in total. The van der Waals surface area contributed by atoms with Crippen LogP contribution in [0.2, 0.25) is 0 Å². The van der Waals surface area contributed by atoms with Crippen LogP contribution in [0.15, 0.2) is 11.4 Å². The van der Waals surface area contributed by atoms with Crippen LogP contribution >= 0.6 is 11.3 Å². The average Bonchev–Trinajstić information content (AvgIpc) is 2.77. The summed E-state index contributed by atoms with van der Waals surface area (Å²) in [6.07, 6.45) is 2.00. The maximum Gasteiger partial charge on any atom is 0.407 e. The second-order valence-electron chi connectivity index (χ2n) is 3.64. The summed E-state index contributed by atoms with van der Waals surface area (Å²) in [5.74, 6) is 0.482. The monoisotopic (exact) mass is 225 g/mol. The van der Waals surface area contributed by atoms with E-state index >= 15 is 0 Å². The van der Waals surface area contributed by atoms with Crippen LogP contribution in [0.3, 0.4) is 0 Å². The molecule has 15 heavy (non-hydrogen) atoms. The molecule has 82 valence electrons. The van der Waals surface area contributed by atoms with E-state index in [1.807, 2.05) is 18.3 Å². The van der Waals surface area contributed by atoms with Gasteiger partial charge in [0, 0.05) is 17.3 Å². The van der Waals surface area contributed by atoms with Gasteiger partial charge in [-0.25, -0.2) is 4.79 Å². The van der Waals surface area contributed by atoms with Crippen molar-refractivity contribution in [3.63, 3.8) is 0 Å². The van der Waals surface area contributed by atoms with Gasteiger partial charge in [-0.1, -0.05) is 0 Å². The smallest absolute Gasteiger partial charge is 0.407 e. The van der Waals surface area contributed by atoms with Gasteiger partial charge in [0.2, 0.25) is 0 Å². The molecule has 1 aliphatic rings. The molecule has 1 heterocycles. The lowest BCUT2D eigenvalue weighted by Gasteiger charge is -2.11. The fourth-order valence-corrected chi connectivity index (χ4v) is 2.96. The molecule has 1 aliphatic carbocycles. The highest BCUT2D eigenvalue weighted by molar-refractivity contribution is 7.10. The number of carbonyl (C=O) groups excluding carboxylic acids is 1. The van der Waals surface area contributed by atoms with Crippen LogP contribution in [-0.4, -0.2) is 19.2 Å². The highest BCUT2D eigenvalue weighted by atomic mass is 32.1. The first-order valence-electron chi connectivity index (χ1n) is 5.28. The lowest BCUT2D eigenvalue weighted by Crippen LogP contribution is -2.28. The van der Waals surface area contributed by atoms with E-state index in [0.29, 0.717) is 19.1 Å². The van der Waals surface area contributed by atoms with Crippen molar-refractivity contribution in [2.75, 3.05) is 13.2 Å². The topological polar surface area (TPSA) is 38.3 Å². The minimum Gasteiger partial charge on any atom is -0.450 e. The van der Waals surface area contributed by atoms with Gasteiger partial charge in [-0.2, -0.15) is 0 Å². The molecule has 0 saturated carbocycles. The molecule has 1 aromatic heterocycles. The second-order valence-corrected chi connectivity index (χ2v) is 4.64. The van der Waals surface area contributed by atoms with Gasteiger partial charge < -0.3 is 10.1 Å². The van der Waals surface area contributed by atoms with Crippen molar-refractivity contribution in [2.45, 2.75) is 25.7 Å². The Morgan fingerprint density at radius 3 is 3.40 bits per heavy atom. The van der Waals surface area contributed by atoms with Crippen LogP contribution in [0, 0.1) is 0 Å². The van der Waals surface area contributed by atoms with E-state index in [9.17, 15) is 4.79 Å². The third-order valence-electron chi connectivity index (χ3n) is 2.71. The molecule has 0 aliphatic heterocycles. The molecule has 1 amide bonds. The van der Waals surface area contributed by atoms with Crippen LogP contribution in [0.5, 0.6) is 0 Å². The van der Waals surface area contributed by atoms with Crippen molar-refractivity contribution in [1.82, 2.24) is 5.32 Å². The normalized spacial score (nSPS) is 18.6. The van der Waals surface area contributed by atoms with Gasteiger partial charge in [-0.15, -0.1) is 11.3 Å². The fourth-order valence-electron chi connectivity index (χ4n) is 1.98. The van der Waals surface area contributed by atoms with Gasteiger partial charge in [0.25, 0.3) is 0 Å². The number of rotatable bonds is 3. The first-order chi connectivity index (χ1) is 7.31.